The summed E-state index contributed by atoms with van der Waals surface area (Å²) in [6, 6.07) is 3.38. The summed E-state index contributed by atoms with van der Waals surface area (Å²) in [5.41, 5.74) is 4.93. The van der Waals surface area contributed by atoms with Gasteiger partial charge < -0.3 is 5.73 Å². The highest BCUT2D eigenvalue weighted by Gasteiger charge is 2.21. The van der Waals surface area contributed by atoms with Gasteiger partial charge in [-0.15, -0.1) is 0 Å². The molecule has 0 heterocycles. The molecule has 0 amide bonds. The molecule has 1 rings (SSSR count). The third-order valence-electron chi connectivity index (χ3n) is 1.90. The first kappa shape index (κ1) is 14.4. The van der Waals surface area contributed by atoms with Crippen LogP contribution >= 0.6 is 11.6 Å². The summed E-state index contributed by atoms with van der Waals surface area (Å²) in [5, 5.41) is 0.139. The van der Waals surface area contributed by atoms with E-state index in [1.807, 2.05) is 0 Å². The summed E-state index contributed by atoms with van der Waals surface area (Å²) in [6.45, 7) is 3.33. The number of halogens is 2. The second-order valence-electron chi connectivity index (χ2n) is 4.39. The predicted molar refractivity (Wildman–Crippen MR) is 64.9 cm³/mol. The third-order valence-corrected chi connectivity index (χ3v) is 3.57. The molecule has 3 N–H and O–H groups in total. The summed E-state index contributed by atoms with van der Waals surface area (Å²) in [6.07, 6.45) is 0. The maximum absolute atomic E-state index is 13.4. The highest BCUT2D eigenvalue weighted by molar-refractivity contribution is 7.89. The van der Waals surface area contributed by atoms with Gasteiger partial charge >= 0.3 is 0 Å². The molecule has 0 aliphatic carbocycles. The highest BCUT2D eigenvalue weighted by atomic mass is 35.5. The van der Waals surface area contributed by atoms with E-state index in [9.17, 15) is 12.8 Å². The zero-order valence-corrected chi connectivity index (χ0v) is 11.1. The van der Waals surface area contributed by atoms with E-state index < -0.39 is 26.3 Å². The molecular weight excluding hydrogens is 267 g/mol. The molecule has 0 saturated heterocycles. The van der Waals surface area contributed by atoms with E-state index in [1.54, 1.807) is 13.8 Å². The number of benzene rings is 1. The summed E-state index contributed by atoms with van der Waals surface area (Å²) in [7, 11) is -3.90. The van der Waals surface area contributed by atoms with Crippen molar-refractivity contribution in [2.45, 2.75) is 24.3 Å². The number of sulfonamides is 1. The Balaban J connectivity index is 2.98. The lowest BCUT2D eigenvalue weighted by molar-refractivity contribution is 0.494. The summed E-state index contributed by atoms with van der Waals surface area (Å²) < 4.78 is 39.2. The van der Waals surface area contributed by atoms with Crippen LogP contribution in [-0.2, 0) is 10.0 Å². The van der Waals surface area contributed by atoms with E-state index in [2.05, 4.69) is 4.72 Å². The minimum atomic E-state index is -3.90. The molecule has 0 fully saturated rings. The third kappa shape index (κ3) is 4.23. The highest BCUT2D eigenvalue weighted by Crippen LogP contribution is 2.18. The SMILES string of the molecule is CC(C)(N)CNS(=O)(=O)c1ccc(Cl)cc1F. The normalized spacial score (nSPS) is 12.8. The number of rotatable bonds is 4. The van der Waals surface area contributed by atoms with Crippen LogP contribution in [0.25, 0.3) is 0 Å². The molecule has 0 aliphatic heterocycles. The minimum absolute atomic E-state index is 0.0113. The van der Waals surface area contributed by atoms with Crippen molar-refractivity contribution in [2.24, 2.45) is 5.73 Å². The minimum Gasteiger partial charge on any atom is -0.324 e. The molecule has 1 aromatic rings. The molecule has 0 saturated carbocycles. The second kappa shape index (κ2) is 4.89. The van der Waals surface area contributed by atoms with Gasteiger partial charge in [0.1, 0.15) is 10.7 Å². The number of hydrogen-bond donors (Lipinski definition) is 2. The smallest absolute Gasteiger partial charge is 0.243 e. The van der Waals surface area contributed by atoms with Crippen molar-refractivity contribution in [2.75, 3.05) is 6.54 Å². The van der Waals surface area contributed by atoms with Gasteiger partial charge in [0.25, 0.3) is 0 Å². The van der Waals surface area contributed by atoms with E-state index in [4.69, 9.17) is 17.3 Å². The molecule has 0 atom stereocenters. The molecule has 7 heteroatoms. The Labute approximate surface area is 105 Å². The van der Waals surface area contributed by atoms with Gasteiger partial charge in [0, 0.05) is 17.1 Å². The van der Waals surface area contributed by atoms with Crippen LogP contribution in [0, 0.1) is 5.82 Å². The Morgan fingerprint density at radius 3 is 2.53 bits per heavy atom. The molecule has 0 unspecified atom stereocenters. The predicted octanol–water partition coefficient (Wildman–Crippen LogP) is 1.49. The van der Waals surface area contributed by atoms with E-state index in [0.717, 1.165) is 12.1 Å². The van der Waals surface area contributed by atoms with Gasteiger partial charge in [0.05, 0.1) is 0 Å². The maximum Gasteiger partial charge on any atom is 0.243 e. The van der Waals surface area contributed by atoms with Crippen molar-refractivity contribution in [3.05, 3.63) is 29.0 Å². The number of nitrogens with two attached hydrogens (primary N) is 1. The van der Waals surface area contributed by atoms with Gasteiger partial charge in [-0.2, -0.15) is 0 Å². The van der Waals surface area contributed by atoms with Gasteiger partial charge in [-0.05, 0) is 32.0 Å². The molecule has 0 bridgehead atoms. The van der Waals surface area contributed by atoms with Crippen LogP contribution in [0.5, 0.6) is 0 Å². The van der Waals surface area contributed by atoms with E-state index in [0.29, 0.717) is 0 Å². The van der Waals surface area contributed by atoms with Gasteiger partial charge in [-0.25, -0.2) is 17.5 Å². The first-order chi connectivity index (χ1) is 7.62. The zero-order valence-electron chi connectivity index (χ0n) is 9.50. The fourth-order valence-corrected chi connectivity index (χ4v) is 2.49. The fourth-order valence-electron chi connectivity index (χ4n) is 1.05. The van der Waals surface area contributed by atoms with Crippen LogP contribution in [-0.4, -0.2) is 20.5 Å². The van der Waals surface area contributed by atoms with Gasteiger partial charge in [0.15, 0.2) is 0 Å². The van der Waals surface area contributed by atoms with Gasteiger partial charge in [-0.1, -0.05) is 11.6 Å². The second-order valence-corrected chi connectivity index (χ2v) is 6.56. The van der Waals surface area contributed by atoms with Gasteiger partial charge in [-0.3, -0.25) is 0 Å². The lowest BCUT2D eigenvalue weighted by Gasteiger charge is -2.19. The monoisotopic (exact) mass is 280 g/mol. The Morgan fingerprint density at radius 1 is 1.47 bits per heavy atom. The molecular formula is C10H14ClFN2O2S. The van der Waals surface area contributed by atoms with Crippen LogP contribution in [0.1, 0.15) is 13.8 Å². The number of hydrogen-bond acceptors (Lipinski definition) is 3. The van der Waals surface area contributed by atoms with E-state index in [-0.39, 0.29) is 11.6 Å². The maximum atomic E-state index is 13.4. The average molecular weight is 281 g/mol. The lowest BCUT2D eigenvalue weighted by atomic mass is 10.1. The zero-order chi connectivity index (χ0) is 13.3. The number of nitrogens with one attached hydrogen (secondary N) is 1. The van der Waals surface area contributed by atoms with Crippen LogP contribution < -0.4 is 10.5 Å². The lowest BCUT2D eigenvalue weighted by Crippen LogP contribution is -2.45. The van der Waals surface area contributed by atoms with Crippen molar-refractivity contribution in [1.82, 2.24) is 4.72 Å². The average Bonchev–Trinajstić information content (AvgIpc) is 2.13. The standard InChI is InChI=1S/C10H14ClFN2O2S/c1-10(2,13)6-14-17(15,16)9-4-3-7(11)5-8(9)12/h3-5,14H,6,13H2,1-2H3. The first-order valence-electron chi connectivity index (χ1n) is 4.85. The molecule has 1 aromatic carbocycles. The Morgan fingerprint density at radius 2 is 2.06 bits per heavy atom. The van der Waals surface area contributed by atoms with Crippen molar-refractivity contribution in [3.63, 3.8) is 0 Å². The molecule has 96 valence electrons. The molecule has 0 radical (unpaired) electrons. The Bertz CT molecular complexity index is 512. The van der Waals surface area contributed by atoms with Gasteiger partial charge in [0.2, 0.25) is 10.0 Å². The Hall–Kier alpha value is -0.690. The molecule has 17 heavy (non-hydrogen) atoms. The topological polar surface area (TPSA) is 72.2 Å². The molecule has 0 aromatic heterocycles. The Kier molecular flexibility index (Phi) is 4.14. The summed E-state index contributed by atoms with van der Waals surface area (Å²) in [4.78, 5) is -0.439. The van der Waals surface area contributed by atoms with Crippen molar-refractivity contribution in [3.8, 4) is 0 Å². The molecule has 0 spiro atoms. The van der Waals surface area contributed by atoms with Crippen molar-refractivity contribution < 1.29 is 12.8 Å². The summed E-state index contributed by atoms with van der Waals surface area (Å²) in [5.74, 6) is -0.889. The van der Waals surface area contributed by atoms with Crippen LogP contribution in [0.2, 0.25) is 5.02 Å². The van der Waals surface area contributed by atoms with Crippen LogP contribution in [0.15, 0.2) is 23.1 Å². The van der Waals surface area contributed by atoms with Crippen molar-refractivity contribution >= 4 is 21.6 Å². The molecule has 0 aliphatic rings. The first-order valence-corrected chi connectivity index (χ1v) is 6.71. The quantitative estimate of drug-likeness (QED) is 0.878. The van der Waals surface area contributed by atoms with E-state index in [1.165, 1.54) is 6.07 Å². The van der Waals surface area contributed by atoms with E-state index >= 15 is 0 Å². The van der Waals surface area contributed by atoms with Crippen molar-refractivity contribution in [1.29, 1.82) is 0 Å². The summed E-state index contributed by atoms with van der Waals surface area (Å²) >= 11 is 5.54. The largest absolute Gasteiger partial charge is 0.324 e. The fraction of sp³-hybridized carbons (Fsp3) is 0.400. The van der Waals surface area contributed by atoms with Crippen LogP contribution in [0.4, 0.5) is 4.39 Å². The molecule has 4 nitrogen and oxygen atoms in total. The van der Waals surface area contributed by atoms with Crippen LogP contribution in [0.3, 0.4) is 0 Å².